The average Bonchev–Trinajstić information content (AvgIpc) is 2.91. The van der Waals surface area contributed by atoms with Crippen LogP contribution < -0.4 is 18.9 Å². The van der Waals surface area contributed by atoms with E-state index < -0.39 is 12.4 Å². The number of benzene rings is 3. The highest BCUT2D eigenvalue weighted by molar-refractivity contribution is 5.78. The van der Waals surface area contributed by atoms with Crippen LogP contribution >= 0.6 is 0 Å². The molecule has 0 bridgehead atoms. The maximum Gasteiger partial charge on any atom is 0.320 e. The third kappa shape index (κ3) is 6.38. The topological polar surface area (TPSA) is 79.4 Å². The monoisotopic (exact) mass is 532 g/mol. The maximum atomic E-state index is 13.5. The molecule has 2 atom stereocenters. The second-order valence-electron chi connectivity index (χ2n) is 9.39. The second-order valence-corrected chi connectivity index (χ2v) is 9.39. The summed E-state index contributed by atoms with van der Waals surface area (Å²) in [6, 6.07) is 20.6. The summed E-state index contributed by atoms with van der Waals surface area (Å²) in [6.45, 7) is 0.282. The molecule has 3 aromatic carbocycles. The minimum Gasteiger partial charge on any atom is -0.497 e. The van der Waals surface area contributed by atoms with Gasteiger partial charge in [0.15, 0.2) is 0 Å². The van der Waals surface area contributed by atoms with E-state index in [2.05, 4.69) is 4.98 Å². The van der Waals surface area contributed by atoms with E-state index in [0.29, 0.717) is 45.2 Å². The number of likely N-dealkylation sites (N-methyl/N-ethyl adjacent to an activating group) is 1. The van der Waals surface area contributed by atoms with Crippen LogP contribution in [0.2, 0.25) is 0 Å². The first-order chi connectivity index (χ1) is 18.9. The van der Waals surface area contributed by atoms with Gasteiger partial charge in [-0.05, 0) is 62.6 Å². The van der Waals surface area contributed by atoms with Gasteiger partial charge >= 0.3 is 5.97 Å². The lowest BCUT2D eigenvalue weighted by Gasteiger charge is -2.33. The fourth-order valence-corrected chi connectivity index (χ4v) is 4.38. The van der Waals surface area contributed by atoms with Crippen molar-refractivity contribution in [3.63, 3.8) is 0 Å². The van der Waals surface area contributed by atoms with Crippen LogP contribution in [-0.4, -0.2) is 49.9 Å². The number of nitrogens with zero attached hydrogens (tertiary/aromatic N) is 2. The van der Waals surface area contributed by atoms with Crippen molar-refractivity contribution in [3.05, 3.63) is 89.9 Å². The lowest BCUT2D eigenvalue weighted by Crippen LogP contribution is -2.34. The van der Waals surface area contributed by atoms with Crippen LogP contribution in [0.3, 0.4) is 0 Å². The molecule has 0 radical (unpaired) electrons. The lowest BCUT2D eigenvalue weighted by atomic mass is 10.0. The summed E-state index contributed by atoms with van der Waals surface area (Å²) in [6.07, 6.45) is -1.12. The van der Waals surface area contributed by atoms with Gasteiger partial charge in [-0.3, -0.25) is 9.69 Å². The molecule has 5 rings (SSSR count). The van der Waals surface area contributed by atoms with E-state index in [0.717, 1.165) is 0 Å². The first-order valence-corrected chi connectivity index (χ1v) is 12.5. The first kappa shape index (κ1) is 26.2. The largest absolute Gasteiger partial charge is 0.497 e. The molecule has 9 heteroatoms. The molecule has 2 heterocycles. The molecule has 1 aliphatic rings. The van der Waals surface area contributed by atoms with Crippen molar-refractivity contribution in [1.29, 1.82) is 0 Å². The Balaban J connectivity index is 1.39. The number of carbonyl (C=O) groups is 1. The van der Waals surface area contributed by atoms with Gasteiger partial charge < -0.3 is 23.7 Å². The SMILES string of the molecule is COc1cccc(OC2CC(OC(=O)CN(C)C)c3c(OCc4ccc5cc(F)ccc5n4)cccc3O2)c1. The summed E-state index contributed by atoms with van der Waals surface area (Å²) in [7, 11) is 5.18. The van der Waals surface area contributed by atoms with Crippen LogP contribution in [0.15, 0.2) is 72.8 Å². The van der Waals surface area contributed by atoms with Crippen molar-refractivity contribution in [1.82, 2.24) is 9.88 Å². The number of rotatable bonds is 9. The molecule has 2 unspecified atom stereocenters. The molecule has 0 fully saturated rings. The highest BCUT2D eigenvalue weighted by Crippen LogP contribution is 2.43. The molecule has 1 aromatic heterocycles. The zero-order valence-corrected chi connectivity index (χ0v) is 21.9. The first-order valence-electron chi connectivity index (χ1n) is 12.5. The van der Waals surface area contributed by atoms with Crippen molar-refractivity contribution in [2.75, 3.05) is 27.7 Å². The molecule has 202 valence electrons. The molecule has 0 N–H and O–H groups in total. The molecule has 1 aliphatic heterocycles. The Morgan fingerprint density at radius 2 is 1.87 bits per heavy atom. The van der Waals surface area contributed by atoms with Crippen LogP contribution in [-0.2, 0) is 16.1 Å². The van der Waals surface area contributed by atoms with E-state index in [1.54, 1.807) is 74.6 Å². The third-order valence-corrected chi connectivity index (χ3v) is 6.13. The van der Waals surface area contributed by atoms with Gasteiger partial charge in [0, 0.05) is 11.5 Å². The molecule has 0 spiro atoms. The van der Waals surface area contributed by atoms with Gasteiger partial charge in [-0.15, -0.1) is 0 Å². The van der Waals surface area contributed by atoms with Gasteiger partial charge in [0.05, 0.1) is 36.8 Å². The van der Waals surface area contributed by atoms with Gasteiger partial charge in [-0.2, -0.15) is 0 Å². The average molecular weight is 533 g/mol. The van der Waals surface area contributed by atoms with Crippen LogP contribution in [0.5, 0.6) is 23.0 Å². The summed E-state index contributed by atoms with van der Waals surface area (Å²) < 4.78 is 43.1. The maximum absolute atomic E-state index is 13.5. The number of hydrogen-bond donors (Lipinski definition) is 0. The Hall–Kier alpha value is -4.37. The van der Waals surface area contributed by atoms with Crippen molar-refractivity contribution in [2.45, 2.75) is 25.4 Å². The molecule has 4 aromatic rings. The number of carbonyl (C=O) groups excluding carboxylic acids is 1. The van der Waals surface area contributed by atoms with Gasteiger partial charge in [-0.1, -0.05) is 18.2 Å². The Labute approximate surface area is 225 Å². The highest BCUT2D eigenvalue weighted by Gasteiger charge is 2.35. The quantitative estimate of drug-likeness (QED) is 0.269. The predicted molar refractivity (Wildman–Crippen MR) is 143 cm³/mol. The zero-order chi connectivity index (χ0) is 27.4. The fraction of sp³-hybridized carbons (Fsp3) is 0.267. The van der Waals surface area contributed by atoms with Gasteiger partial charge in [0.1, 0.15) is 41.5 Å². The molecule has 8 nitrogen and oxygen atoms in total. The summed E-state index contributed by atoms with van der Waals surface area (Å²) in [5, 5.41) is 0.708. The predicted octanol–water partition coefficient (Wildman–Crippen LogP) is 5.30. The van der Waals surface area contributed by atoms with Gasteiger partial charge in [0.25, 0.3) is 0 Å². The zero-order valence-electron chi connectivity index (χ0n) is 21.9. The van der Waals surface area contributed by atoms with Crippen molar-refractivity contribution in [3.8, 4) is 23.0 Å². The van der Waals surface area contributed by atoms with E-state index >= 15 is 0 Å². The summed E-state index contributed by atoms with van der Waals surface area (Å²) in [5.74, 6) is 1.54. The third-order valence-electron chi connectivity index (χ3n) is 6.13. The highest BCUT2D eigenvalue weighted by atomic mass is 19.1. The number of methoxy groups -OCH3 is 1. The van der Waals surface area contributed by atoms with E-state index in [4.69, 9.17) is 23.7 Å². The standard InChI is InChI=1S/C30H29FN2O6/c1-33(2)17-28(34)38-27-16-29(37-23-7-4-6-22(15-23)35-3)39-26-9-5-8-25(30(26)27)36-18-21-12-10-19-14-20(31)11-13-24(19)32-21/h4-15,27,29H,16-18H2,1-3H3. The Morgan fingerprint density at radius 1 is 1.05 bits per heavy atom. The van der Waals surface area contributed by atoms with Crippen molar-refractivity contribution < 1.29 is 32.9 Å². The summed E-state index contributed by atoms with van der Waals surface area (Å²) in [4.78, 5) is 19.0. The Kier molecular flexibility index (Phi) is 7.79. The number of halogens is 1. The minimum atomic E-state index is -0.709. The normalized spacial score (nSPS) is 16.3. The van der Waals surface area contributed by atoms with Crippen molar-refractivity contribution >= 4 is 16.9 Å². The summed E-state index contributed by atoms with van der Waals surface area (Å²) in [5.41, 5.74) is 1.96. The van der Waals surface area contributed by atoms with Gasteiger partial charge in [-0.25, -0.2) is 9.37 Å². The molecular formula is C30H29FN2O6. The Morgan fingerprint density at radius 3 is 2.69 bits per heavy atom. The fourth-order valence-electron chi connectivity index (χ4n) is 4.38. The van der Waals surface area contributed by atoms with Crippen LogP contribution in [0.4, 0.5) is 4.39 Å². The van der Waals surface area contributed by atoms with E-state index in [1.165, 1.54) is 12.1 Å². The second kappa shape index (κ2) is 11.6. The van der Waals surface area contributed by atoms with E-state index in [-0.39, 0.29) is 31.4 Å². The number of esters is 1. The number of aromatic nitrogens is 1. The minimum absolute atomic E-state index is 0.124. The van der Waals surface area contributed by atoms with Crippen LogP contribution in [0, 0.1) is 5.82 Å². The van der Waals surface area contributed by atoms with Crippen LogP contribution in [0.1, 0.15) is 23.8 Å². The molecule has 39 heavy (non-hydrogen) atoms. The van der Waals surface area contributed by atoms with Gasteiger partial charge in [0.2, 0.25) is 6.29 Å². The number of fused-ring (bicyclic) bond motifs is 2. The van der Waals surface area contributed by atoms with E-state index in [9.17, 15) is 9.18 Å². The number of ether oxygens (including phenoxy) is 5. The van der Waals surface area contributed by atoms with Crippen LogP contribution in [0.25, 0.3) is 10.9 Å². The molecule has 0 amide bonds. The molecule has 0 saturated carbocycles. The van der Waals surface area contributed by atoms with E-state index in [1.807, 2.05) is 12.1 Å². The Bertz CT molecular complexity index is 1480. The molecule has 0 aliphatic carbocycles. The number of pyridine rings is 1. The molecule has 0 saturated heterocycles. The summed E-state index contributed by atoms with van der Waals surface area (Å²) >= 11 is 0. The lowest BCUT2D eigenvalue weighted by molar-refractivity contribution is -0.155. The number of hydrogen-bond acceptors (Lipinski definition) is 8. The molecular weight excluding hydrogens is 503 g/mol. The smallest absolute Gasteiger partial charge is 0.320 e. The van der Waals surface area contributed by atoms with Crippen molar-refractivity contribution in [2.24, 2.45) is 0 Å².